The van der Waals surface area contributed by atoms with Crippen LogP contribution in [0.15, 0.2) is 5.38 Å². The molecule has 2 N–H and O–H groups in total. The van der Waals surface area contributed by atoms with Crippen molar-refractivity contribution in [1.29, 1.82) is 0 Å². The van der Waals surface area contributed by atoms with E-state index in [0.717, 1.165) is 5.69 Å². The summed E-state index contributed by atoms with van der Waals surface area (Å²) in [4.78, 5) is 0. The van der Waals surface area contributed by atoms with E-state index in [0.29, 0.717) is 26.1 Å². The van der Waals surface area contributed by atoms with E-state index in [1.807, 2.05) is 12.3 Å². The van der Waals surface area contributed by atoms with Crippen LogP contribution in [-0.4, -0.2) is 39.6 Å². The summed E-state index contributed by atoms with van der Waals surface area (Å²) in [5.41, 5.74) is 0.180. The van der Waals surface area contributed by atoms with Gasteiger partial charge in [0.1, 0.15) is 5.60 Å². The number of nitrogens with zero attached hydrogens (tertiary/aromatic N) is 2. The maximum atomic E-state index is 10.2. The third-order valence-corrected chi connectivity index (χ3v) is 3.36. The highest BCUT2D eigenvalue weighted by Crippen LogP contribution is 2.24. The van der Waals surface area contributed by atoms with Crippen LogP contribution in [0.25, 0.3) is 0 Å². The number of aromatic nitrogens is 2. The second-order valence-electron chi connectivity index (χ2n) is 3.87. The summed E-state index contributed by atoms with van der Waals surface area (Å²) in [5.74, 6) is 0. The maximum Gasteiger partial charge on any atom is 0.105 e. The lowest BCUT2D eigenvalue weighted by atomic mass is 9.97. The molecule has 1 fully saturated rings. The molecule has 1 saturated heterocycles. The maximum absolute atomic E-state index is 10.2. The Morgan fingerprint density at radius 2 is 2.67 bits per heavy atom. The summed E-state index contributed by atoms with van der Waals surface area (Å²) >= 11 is 1.33. The van der Waals surface area contributed by atoms with Crippen molar-refractivity contribution in [3.8, 4) is 0 Å². The first-order valence-corrected chi connectivity index (χ1v) is 5.85. The molecule has 15 heavy (non-hydrogen) atoms. The fourth-order valence-corrected chi connectivity index (χ4v) is 2.12. The van der Waals surface area contributed by atoms with Crippen molar-refractivity contribution in [1.82, 2.24) is 14.9 Å². The highest BCUT2D eigenvalue weighted by atomic mass is 32.1. The first-order valence-electron chi connectivity index (χ1n) is 5.01. The Morgan fingerprint density at radius 1 is 1.80 bits per heavy atom. The van der Waals surface area contributed by atoms with Crippen molar-refractivity contribution < 1.29 is 9.84 Å². The van der Waals surface area contributed by atoms with Gasteiger partial charge in [0.05, 0.1) is 11.8 Å². The zero-order chi connectivity index (χ0) is 10.7. The number of hydrogen-bond donors (Lipinski definition) is 2. The molecule has 0 bridgehead atoms. The van der Waals surface area contributed by atoms with E-state index in [9.17, 15) is 5.11 Å². The molecule has 2 atom stereocenters. The van der Waals surface area contributed by atoms with Gasteiger partial charge in [-0.3, -0.25) is 0 Å². The molecule has 5 nitrogen and oxygen atoms in total. The molecule has 0 aliphatic carbocycles. The van der Waals surface area contributed by atoms with Gasteiger partial charge < -0.3 is 15.2 Å². The standard InChI is InChI=1S/C9H15N3O2S/c1-7-9(13,2-3-14-7)6-10-4-8-5-15-12-11-8/h5,7,10,13H,2-4,6H2,1H3. The molecule has 0 amide bonds. The summed E-state index contributed by atoms with van der Waals surface area (Å²) in [6.45, 7) is 3.72. The average Bonchev–Trinajstić information content (AvgIpc) is 2.79. The van der Waals surface area contributed by atoms with Gasteiger partial charge in [-0.15, -0.1) is 5.10 Å². The summed E-state index contributed by atoms with van der Waals surface area (Å²) < 4.78 is 9.11. The van der Waals surface area contributed by atoms with Gasteiger partial charge in [0.25, 0.3) is 0 Å². The highest BCUT2D eigenvalue weighted by Gasteiger charge is 2.38. The predicted molar refractivity (Wildman–Crippen MR) is 56.6 cm³/mol. The molecular formula is C9H15N3O2S. The third kappa shape index (κ3) is 2.52. The third-order valence-electron chi connectivity index (χ3n) is 2.80. The number of aliphatic hydroxyl groups is 1. The van der Waals surface area contributed by atoms with E-state index in [1.54, 1.807) is 0 Å². The monoisotopic (exact) mass is 229 g/mol. The van der Waals surface area contributed by atoms with Crippen LogP contribution in [0.5, 0.6) is 0 Å². The Kier molecular flexibility index (Phi) is 3.30. The molecule has 0 radical (unpaired) electrons. The van der Waals surface area contributed by atoms with Gasteiger partial charge in [-0.1, -0.05) is 4.49 Å². The van der Waals surface area contributed by atoms with E-state index < -0.39 is 5.60 Å². The Hall–Kier alpha value is -0.560. The average molecular weight is 229 g/mol. The first-order chi connectivity index (χ1) is 7.21. The number of hydrogen-bond acceptors (Lipinski definition) is 6. The largest absolute Gasteiger partial charge is 0.386 e. The van der Waals surface area contributed by atoms with E-state index in [-0.39, 0.29) is 6.10 Å². The molecule has 1 aliphatic heterocycles. The minimum absolute atomic E-state index is 0.0986. The fourth-order valence-electron chi connectivity index (χ4n) is 1.67. The van der Waals surface area contributed by atoms with Crippen LogP contribution >= 0.6 is 11.5 Å². The van der Waals surface area contributed by atoms with Gasteiger partial charge in [0.15, 0.2) is 0 Å². The first kappa shape index (κ1) is 10.9. The quantitative estimate of drug-likeness (QED) is 0.770. The highest BCUT2D eigenvalue weighted by molar-refractivity contribution is 7.03. The van der Waals surface area contributed by atoms with Crippen LogP contribution in [0, 0.1) is 0 Å². The lowest BCUT2D eigenvalue weighted by Crippen LogP contribution is -2.45. The molecule has 2 heterocycles. The summed E-state index contributed by atoms with van der Waals surface area (Å²) in [7, 11) is 0. The summed E-state index contributed by atoms with van der Waals surface area (Å²) in [6, 6.07) is 0. The lowest BCUT2D eigenvalue weighted by molar-refractivity contribution is -0.0263. The molecule has 6 heteroatoms. The van der Waals surface area contributed by atoms with E-state index >= 15 is 0 Å². The Bertz CT molecular complexity index is 306. The number of ether oxygens (including phenoxy) is 1. The summed E-state index contributed by atoms with van der Waals surface area (Å²) in [6.07, 6.45) is 0.592. The van der Waals surface area contributed by atoms with Crippen LogP contribution in [0.2, 0.25) is 0 Å². The molecule has 1 aromatic rings. The van der Waals surface area contributed by atoms with Crippen LogP contribution in [0.1, 0.15) is 19.0 Å². The van der Waals surface area contributed by atoms with Gasteiger partial charge in [0.2, 0.25) is 0 Å². The SMILES string of the molecule is CC1OCCC1(O)CNCc1csnn1. The molecule has 0 spiro atoms. The lowest BCUT2D eigenvalue weighted by Gasteiger charge is -2.26. The van der Waals surface area contributed by atoms with Crippen LogP contribution in [0.4, 0.5) is 0 Å². The summed E-state index contributed by atoms with van der Waals surface area (Å²) in [5, 5.41) is 19.2. The Morgan fingerprint density at radius 3 is 3.27 bits per heavy atom. The Labute approximate surface area is 92.6 Å². The van der Waals surface area contributed by atoms with Crippen molar-refractivity contribution in [2.75, 3.05) is 13.2 Å². The van der Waals surface area contributed by atoms with Gasteiger partial charge >= 0.3 is 0 Å². The number of rotatable bonds is 4. The number of nitrogens with one attached hydrogen (secondary N) is 1. The second-order valence-corrected chi connectivity index (χ2v) is 4.48. The molecular weight excluding hydrogens is 214 g/mol. The smallest absolute Gasteiger partial charge is 0.105 e. The molecule has 2 unspecified atom stereocenters. The van der Waals surface area contributed by atoms with Crippen molar-refractivity contribution in [2.24, 2.45) is 0 Å². The fraction of sp³-hybridized carbons (Fsp3) is 0.778. The van der Waals surface area contributed by atoms with E-state index in [1.165, 1.54) is 11.5 Å². The van der Waals surface area contributed by atoms with Crippen molar-refractivity contribution in [3.63, 3.8) is 0 Å². The zero-order valence-corrected chi connectivity index (χ0v) is 9.46. The minimum Gasteiger partial charge on any atom is -0.386 e. The normalized spacial score (nSPS) is 30.9. The topological polar surface area (TPSA) is 67.3 Å². The van der Waals surface area contributed by atoms with E-state index in [2.05, 4.69) is 14.9 Å². The van der Waals surface area contributed by atoms with Gasteiger partial charge in [-0.05, 0) is 18.5 Å². The zero-order valence-electron chi connectivity index (χ0n) is 8.64. The van der Waals surface area contributed by atoms with Crippen molar-refractivity contribution >= 4 is 11.5 Å². The predicted octanol–water partition coefficient (Wildman–Crippen LogP) is 0.168. The van der Waals surface area contributed by atoms with E-state index in [4.69, 9.17) is 4.74 Å². The van der Waals surface area contributed by atoms with Crippen LogP contribution < -0.4 is 5.32 Å². The molecule has 84 valence electrons. The van der Waals surface area contributed by atoms with Gasteiger partial charge in [-0.2, -0.15) is 0 Å². The van der Waals surface area contributed by atoms with Crippen LogP contribution in [0.3, 0.4) is 0 Å². The molecule has 2 rings (SSSR count). The van der Waals surface area contributed by atoms with Gasteiger partial charge in [-0.25, -0.2) is 0 Å². The molecule has 1 aliphatic rings. The Balaban J connectivity index is 1.78. The van der Waals surface area contributed by atoms with Gasteiger partial charge in [0, 0.05) is 31.5 Å². The molecule has 1 aromatic heterocycles. The minimum atomic E-state index is -0.733. The molecule has 0 saturated carbocycles. The van der Waals surface area contributed by atoms with Crippen LogP contribution in [-0.2, 0) is 11.3 Å². The molecule has 0 aromatic carbocycles. The second kappa shape index (κ2) is 4.52. The van der Waals surface area contributed by atoms with Crippen molar-refractivity contribution in [3.05, 3.63) is 11.1 Å². The van der Waals surface area contributed by atoms with Crippen molar-refractivity contribution in [2.45, 2.75) is 31.6 Å².